The number of carbonyl (C=O) groups excluding carboxylic acids is 1. The highest BCUT2D eigenvalue weighted by molar-refractivity contribution is 6.08. The molecule has 21 heavy (non-hydrogen) atoms. The molecule has 1 atom stereocenters. The molecule has 0 bridgehead atoms. The number of benzene rings is 1. The van der Waals surface area contributed by atoms with Gasteiger partial charge in [0.05, 0.1) is 7.11 Å². The molecule has 0 saturated carbocycles. The Balaban J connectivity index is 2.04. The molecule has 0 spiro atoms. The molecule has 5 heteroatoms. The first kappa shape index (κ1) is 12.2. The van der Waals surface area contributed by atoms with E-state index in [1.807, 2.05) is 18.2 Å². The molecule has 1 N–H and O–H groups in total. The van der Waals surface area contributed by atoms with Crippen LogP contribution in [0.1, 0.15) is 17.9 Å². The number of carbonyl (C=O) groups is 1. The third kappa shape index (κ3) is 1.77. The van der Waals surface area contributed by atoms with Gasteiger partial charge in [0.15, 0.2) is 11.3 Å². The van der Waals surface area contributed by atoms with Crippen molar-refractivity contribution in [3.8, 4) is 5.75 Å². The van der Waals surface area contributed by atoms with E-state index in [2.05, 4.69) is 10.3 Å². The van der Waals surface area contributed by atoms with Gasteiger partial charge >= 0.3 is 0 Å². The van der Waals surface area contributed by atoms with Crippen molar-refractivity contribution in [3.05, 3.63) is 36.2 Å². The summed E-state index contributed by atoms with van der Waals surface area (Å²) in [7, 11) is 1.63. The van der Waals surface area contributed by atoms with Crippen molar-refractivity contribution in [3.63, 3.8) is 0 Å². The predicted octanol–water partition coefficient (Wildman–Crippen LogP) is 2.59. The Morgan fingerprint density at radius 3 is 3.05 bits per heavy atom. The SMILES string of the molecule is COc1ccc(C2CNC(=O)C2)c2c1oc1ccncc12. The fraction of sp³-hybridized carbons (Fsp3) is 0.250. The van der Waals surface area contributed by atoms with Gasteiger partial charge in [-0.15, -0.1) is 0 Å². The van der Waals surface area contributed by atoms with E-state index >= 15 is 0 Å². The van der Waals surface area contributed by atoms with Gasteiger partial charge in [0.25, 0.3) is 0 Å². The highest BCUT2D eigenvalue weighted by Gasteiger charge is 2.27. The average Bonchev–Trinajstić information content (AvgIpc) is 3.10. The van der Waals surface area contributed by atoms with Gasteiger partial charge in [-0.3, -0.25) is 9.78 Å². The van der Waals surface area contributed by atoms with E-state index < -0.39 is 0 Å². The van der Waals surface area contributed by atoms with Crippen molar-refractivity contribution >= 4 is 27.8 Å². The standard InChI is InChI=1S/C16H14N2O3/c1-20-13-3-2-10(9-6-14(19)18-7-9)15-11-8-17-5-4-12(11)21-16(13)15/h2-5,8-9H,6-7H2,1H3,(H,18,19). The topological polar surface area (TPSA) is 64.4 Å². The largest absolute Gasteiger partial charge is 0.493 e. The molecular formula is C16H14N2O3. The molecule has 106 valence electrons. The van der Waals surface area contributed by atoms with Crippen LogP contribution in [0.2, 0.25) is 0 Å². The van der Waals surface area contributed by atoms with E-state index in [1.165, 1.54) is 0 Å². The van der Waals surface area contributed by atoms with Crippen LogP contribution in [0.3, 0.4) is 0 Å². The molecule has 1 aliphatic rings. The molecule has 1 aromatic carbocycles. The van der Waals surface area contributed by atoms with Crippen LogP contribution in [-0.2, 0) is 4.79 Å². The molecule has 1 unspecified atom stereocenters. The van der Waals surface area contributed by atoms with Crippen molar-refractivity contribution in [2.24, 2.45) is 0 Å². The summed E-state index contributed by atoms with van der Waals surface area (Å²) in [6.07, 6.45) is 4.01. The fourth-order valence-electron chi connectivity index (χ4n) is 3.05. The molecule has 1 saturated heterocycles. The van der Waals surface area contributed by atoms with E-state index in [4.69, 9.17) is 9.15 Å². The Morgan fingerprint density at radius 1 is 1.38 bits per heavy atom. The minimum Gasteiger partial charge on any atom is -0.493 e. The molecule has 1 fully saturated rings. The minimum absolute atomic E-state index is 0.0925. The summed E-state index contributed by atoms with van der Waals surface area (Å²) in [5.41, 5.74) is 2.61. The zero-order valence-electron chi connectivity index (χ0n) is 11.6. The van der Waals surface area contributed by atoms with Crippen molar-refractivity contribution in [1.82, 2.24) is 10.3 Å². The van der Waals surface area contributed by atoms with Gasteiger partial charge in [-0.2, -0.15) is 0 Å². The van der Waals surface area contributed by atoms with Gasteiger partial charge in [0, 0.05) is 42.0 Å². The maximum atomic E-state index is 11.5. The van der Waals surface area contributed by atoms with Gasteiger partial charge < -0.3 is 14.5 Å². The second-order valence-corrected chi connectivity index (χ2v) is 5.24. The Morgan fingerprint density at radius 2 is 2.29 bits per heavy atom. The number of furan rings is 1. The lowest BCUT2D eigenvalue weighted by atomic mass is 9.93. The molecule has 2 aromatic heterocycles. The van der Waals surface area contributed by atoms with E-state index in [9.17, 15) is 4.79 Å². The average molecular weight is 282 g/mol. The van der Waals surface area contributed by atoms with Crippen molar-refractivity contribution < 1.29 is 13.9 Å². The predicted molar refractivity (Wildman–Crippen MR) is 78.4 cm³/mol. The molecule has 1 amide bonds. The van der Waals surface area contributed by atoms with Gasteiger partial charge in [-0.1, -0.05) is 6.07 Å². The lowest BCUT2D eigenvalue weighted by Crippen LogP contribution is -2.13. The quantitative estimate of drug-likeness (QED) is 0.784. The lowest BCUT2D eigenvalue weighted by Gasteiger charge is -2.11. The van der Waals surface area contributed by atoms with Gasteiger partial charge in [0.2, 0.25) is 5.91 Å². The van der Waals surface area contributed by atoms with Crippen LogP contribution in [0.4, 0.5) is 0 Å². The summed E-state index contributed by atoms with van der Waals surface area (Å²) in [5.74, 6) is 0.948. The summed E-state index contributed by atoms with van der Waals surface area (Å²) < 4.78 is 11.3. The summed E-state index contributed by atoms with van der Waals surface area (Å²) in [4.78, 5) is 15.7. The van der Waals surface area contributed by atoms with Gasteiger partial charge in [0.1, 0.15) is 5.58 Å². The first-order chi connectivity index (χ1) is 10.3. The van der Waals surface area contributed by atoms with Crippen LogP contribution in [-0.4, -0.2) is 24.5 Å². The number of fused-ring (bicyclic) bond motifs is 3. The number of hydrogen-bond donors (Lipinski definition) is 1. The molecular weight excluding hydrogens is 268 g/mol. The summed E-state index contributed by atoms with van der Waals surface area (Å²) in [5, 5.41) is 4.84. The number of pyridine rings is 1. The van der Waals surface area contributed by atoms with Crippen molar-refractivity contribution in [2.45, 2.75) is 12.3 Å². The van der Waals surface area contributed by atoms with Crippen molar-refractivity contribution in [2.75, 3.05) is 13.7 Å². The summed E-state index contributed by atoms with van der Waals surface area (Å²) >= 11 is 0. The normalized spacial score (nSPS) is 18.3. The van der Waals surface area contributed by atoms with Crippen LogP contribution in [0.5, 0.6) is 5.75 Å². The molecule has 5 nitrogen and oxygen atoms in total. The molecule has 0 radical (unpaired) electrons. The molecule has 4 rings (SSSR count). The van der Waals surface area contributed by atoms with Crippen LogP contribution in [0.15, 0.2) is 35.0 Å². The summed E-state index contributed by atoms with van der Waals surface area (Å²) in [6, 6.07) is 5.76. The number of ether oxygens (including phenoxy) is 1. The number of rotatable bonds is 2. The highest BCUT2D eigenvalue weighted by atomic mass is 16.5. The van der Waals surface area contributed by atoms with Crippen LogP contribution < -0.4 is 10.1 Å². The maximum absolute atomic E-state index is 11.5. The van der Waals surface area contributed by atoms with E-state index in [-0.39, 0.29) is 11.8 Å². The first-order valence-corrected chi connectivity index (χ1v) is 6.87. The molecule has 3 heterocycles. The summed E-state index contributed by atoms with van der Waals surface area (Å²) in [6.45, 7) is 0.660. The molecule has 0 aliphatic carbocycles. The second-order valence-electron chi connectivity index (χ2n) is 5.24. The third-order valence-corrected chi connectivity index (χ3v) is 4.05. The number of methoxy groups -OCH3 is 1. The van der Waals surface area contributed by atoms with Crippen LogP contribution in [0, 0.1) is 0 Å². The lowest BCUT2D eigenvalue weighted by molar-refractivity contribution is -0.119. The van der Waals surface area contributed by atoms with E-state index in [1.54, 1.807) is 19.5 Å². The zero-order chi connectivity index (χ0) is 14.4. The third-order valence-electron chi connectivity index (χ3n) is 4.05. The number of nitrogens with one attached hydrogen (secondary N) is 1. The smallest absolute Gasteiger partial charge is 0.220 e. The monoisotopic (exact) mass is 282 g/mol. The minimum atomic E-state index is 0.0925. The Bertz CT molecular complexity index is 853. The second kappa shape index (κ2) is 4.48. The van der Waals surface area contributed by atoms with Gasteiger partial charge in [-0.05, 0) is 17.7 Å². The zero-order valence-corrected chi connectivity index (χ0v) is 11.6. The Labute approximate surface area is 120 Å². The van der Waals surface area contributed by atoms with Gasteiger partial charge in [-0.25, -0.2) is 0 Å². The molecule has 1 aliphatic heterocycles. The van der Waals surface area contributed by atoms with E-state index in [0.29, 0.717) is 18.7 Å². The van der Waals surface area contributed by atoms with Crippen LogP contribution in [0.25, 0.3) is 21.9 Å². The highest BCUT2D eigenvalue weighted by Crippen LogP contribution is 2.40. The Kier molecular flexibility index (Phi) is 2.60. The number of amides is 1. The number of aromatic nitrogens is 1. The van der Waals surface area contributed by atoms with E-state index in [0.717, 1.165) is 27.5 Å². The first-order valence-electron chi connectivity index (χ1n) is 6.87. The molecule has 3 aromatic rings. The number of nitrogens with zero attached hydrogens (tertiary/aromatic N) is 1. The van der Waals surface area contributed by atoms with Crippen LogP contribution >= 0.6 is 0 Å². The van der Waals surface area contributed by atoms with Crippen molar-refractivity contribution in [1.29, 1.82) is 0 Å². The number of hydrogen-bond acceptors (Lipinski definition) is 4. The maximum Gasteiger partial charge on any atom is 0.220 e. The Hall–Kier alpha value is -2.56. The fourth-order valence-corrected chi connectivity index (χ4v) is 3.05.